The molecule has 6 heteroatoms. The lowest BCUT2D eigenvalue weighted by Gasteiger charge is -2.05. The predicted octanol–water partition coefficient (Wildman–Crippen LogP) is 0.647. The van der Waals surface area contributed by atoms with Gasteiger partial charge in [0.15, 0.2) is 11.5 Å². The first-order valence-corrected chi connectivity index (χ1v) is 4.74. The summed E-state index contributed by atoms with van der Waals surface area (Å²) in [5.74, 6) is -0.595. The molecule has 1 aromatic carbocycles. The van der Waals surface area contributed by atoms with Gasteiger partial charge >= 0.3 is 0 Å². The Morgan fingerprint density at radius 1 is 1.38 bits per heavy atom. The van der Waals surface area contributed by atoms with E-state index >= 15 is 0 Å². The molecule has 0 aliphatic heterocycles. The molecule has 0 unspecified atom stereocenters. The summed E-state index contributed by atoms with van der Waals surface area (Å²) in [4.78, 5) is -0.563. The van der Waals surface area contributed by atoms with Crippen molar-refractivity contribution in [3.05, 3.63) is 18.2 Å². The van der Waals surface area contributed by atoms with Crippen molar-refractivity contribution >= 4 is 10.1 Å². The average molecular weight is 204 g/mol. The van der Waals surface area contributed by atoms with E-state index in [4.69, 9.17) is 4.55 Å². The Balaban J connectivity index is 3.41. The third kappa shape index (κ3) is 1.90. The number of methoxy groups -OCH3 is 1. The van der Waals surface area contributed by atoms with Crippen LogP contribution in [0.25, 0.3) is 0 Å². The van der Waals surface area contributed by atoms with E-state index in [0.717, 1.165) is 6.07 Å². The Bertz CT molecular complexity index is 409. The first-order chi connectivity index (χ1) is 5.96. The topological polar surface area (TPSA) is 83.8 Å². The summed E-state index contributed by atoms with van der Waals surface area (Å²) in [5, 5.41) is 9.26. The first kappa shape index (κ1) is 9.82. The lowest BCUT2D eigenvalue weighted by molar-refractivity contribution is 0.364. The summed E-state index contributed by atoms with van der Waals surface area (Å²) in [6.07, 6.45) is 0. The summed E-state index contributed by atoms with van der Waals surface area (Å²) in [5.41, 5.74) is 0. The van der Waals surface area contributed by atoms with Gasteiger partial charge in [-0.15, -0.1) is 0 Å². The van der Waals surface area contributed by atoms with Gasteiger partial charge in [-0.3, -0.25) is 4.55 Å². The number of para-hydroxylation sites is 1. The molecule has 0 saturated heterocycles. The van der Waals surface area contributed by atoms with E-state index < -0.39 is 20.8 Å². The molecule has 13 heavy (non-hydrogen) atoms. The molecule has 5 nitrogen and oxygen atoms in total. The molecular formula is C7H8O5S. The fourth-order valence-corrected chi connectivity index (χ4v) is 1.47. The van der Waals surface area contributed by atoms with Gasteiger partial charge in [0.1, 0.15) is 4.90 Å². The molecule has 0 heterocycles. The average Bonchev–Trinajstić information content (AvgIpc) is 2.02. The maximum absolute atomic E-state index is 10.7. The van der Waals surface area contributed by atoms with Crippen molar-refractivity contribution < 1.29 is 22.8 Å². The molecule has 0 fully saturated rings. The monoisotopic (exact) mass is 204 g/mol. The third-order valence-corrected chi connectivity index (χ3v) is 2.35. The summed E-state index contributed by atoms with van der Waals surface area (Å²) >= 11 is 0. The van der Waals surface area contributed by atoms with Crippen molar-refractivity contribution in [3.8, 4) is 11.5 Å². The van der Waals surface area contributed by atoms with Crippen molar-refractivity contribution in [2.24, 2.45) is 0 Å². The van der Waals surface area contributed by atoms with Crippen molar-refractivity contribution in [1.29, 1.82) is 0 Å². The van der Waals surface area contributed by atoms with Gasteiger partial charge in [-0.25, -0.2) is 0 Å². The Morgan fingerprint density at radius 3 is 2.46 bits per heavy atom. The number of phenols is 1. The first-order valence-electron chi connectivity index (χ1n) is 3.30. The van der Waals surface area contributed by atoms with Gasteiger partial charge in [0.25, 0.3) is 10.1 Å². The van der Waals surface area contributed by atoms with Crippen LogP contribution < -0.4 is 4.74 Å². The van der Waals surface area contributed by atoms with Crippen LogP contribution in [-0.4, -0.2) is 25.2 Å². The van der Waals surface area contributed by atoms with Crippen LogP contribution in [0.2, 0.25) is 0 Å². The molecule has 0 saturated carbocycles. The second kappa shape index (κ2) is 3.23. The zero-order valence-electron chi connectivity index (χ0n) is 6.76. The van der Waals surface area contributed by atoms with Gasteiger partial charge in [-0.1, -0.05) is 6.07 Å². The summed E-state index contributed by atoms with van der Waals surface area (Å²) in [7, 11) is -3.12. The zero-order chi connectivity index (χ0) is 10.1. The van der Waals surface area contributed by atoms with E-state index in [1.54, 1.807) is 0 Å². The molecule has 72 valence electrons. The normalized spacial score (nSPS) is 11.2. The SMILES string of the molecule is COc1cccc(S(=O)(=O)O)c1O. The van der Waals surface area contributed by atoms with Crippen LogP contribution >= 0.6 is 0 Å². The third-order valence-electron chi connectivity index (χ3n) is 1.46. The van der Waals surface area contributed by atoms with Gasteiger partial charge in [0.2, 0.25) is 0 Å². The van der Waals surface area contributed by atoms with Crippen molar-refractivity contribution in [2.75, 3.05) is 7.11 Å². The zero-order valence-corrected chi connectivity index (χ0v) is 7.58. The molecule has 2 N–H and O–H groups in total. The van der Waals surface area contributed by atoms with E-state index in [9.17, 15) is 13.5 Å². The number of benzene rings is 1. The van der Waals surface area contributed by atoms with Crippen LogP contribution in [0.1, 0.15) is 0 Å². The van der Waals surface area contributed by atoms with Crippen molar-refractivity contribution in [2.45, 2.75) is 4.90 Å². The molecule has 0 aromatic heterocycles. The van der Waals surface area contributed by atoms with E-state index in [1.807, 2.05) is 0 Å². The highest BCUT2D eigenvalue weighted by Gasteiger charge is 2.17. The van der Waals surface area contributed by atoms with Crippen LogP contribution in [0, 0.1) is 0 Å². The molecular weight excluding hydrogens is 196 g/mol. The van der Waals surface area contributed by atoms with Crippen LogP contribution in [0.15, 0.2) is 23.1 Å². The minimum atomic E-state index is -4.40. The van der Waals surface area contributed by atoms with E-state index in [-0.39, 0.29) is 5.75 Å². The fraction of sp³-hybridized carbons (Fsp3) is 0.143. The number of rotatable bonds is 2. The number of ether oxygens (including phenoxy) is 1. The second-order valence-electron chi connectivity index (χ2n) is 2.28. The van der Waals surface area contributed by atoms with Crippen LogP contribution in [0.4, 0.5) is 0 Å². The van der Waals surface area contributed by atoms with Gasteiger partial charge < -0.3 is 9.84 Å². The molecule has 0 aliphatic carbocycles. The highest BCUT2D eigenvalue weighted by molar-refractivity contribution is 7.86. The number of hydrogen-bond donors (Lipinski definition) is 2. The predicted molar refractivity (Wildman–Crippen MR) is 44.5 cm³/mol. The van der Waals surface area contributed by atoms with E-state index in [2.05, 4.69) is 4.74 Å². The minimum absolute atomic E-state index is 0.00451. The van der Waals surface area contributed by atoms with Gasteiger partial charge in [0, 0.05) is 0 Å². The molecule has 1 rings (SSSR count). The largest absolute Gasteiger partial charge is 0.503 e. The summed E-state index contributed by atoms with van der Waals surface area (Å²) in [6, 6.07) is 3.80. The van der Waals surface area contributed by atoms with Crippen LogP contribution in [0.3, 0.4) is 0 Å². The quantitative estimate of drug-likeness (QED) is 0.691. The number of aromatic hydroxyl groups is 1. The molecule has 0 radical (unpaired) electrons. The molecule has 0 amide bonds. The fourth-order valence-electron chi connectivity index (χ4n) is 0.875. The van der Waals surface area contributed by atoms with E-state index in [1.165, 1.54) is 19.2 Å². The highest BCUT2D eigenvalue weighted by Crippen LogP contribution is 2.32. The van der Waals surface area contributed by atoms with Gasteiger partial charge in [0.05, 0.1) is 7.11 Å². The Kier molecular flexibility index (Phi) is 2.44. The van der Waals surface area contributed by atoms with Gasteiger partial charge in [-0.05, 0) is 12.1 Å². The summed E-state index contributed by atoms with van der Waals surface area (Å²) < 4.78 is 34.6. The second-order valence-corrected chi connectivity index (χ2v) is 3.67. The molecule has 1 aromatic rings. The maximum atomic E-state index is 10.7. The number of phenolic OH excluding ortho intramolecular Hbond substituents is 1. The lowest BCUT2D eigenvalue weighted by atomic mass is 10.3. The minimum Gasteiger partial charge on any atom is -0.503 e. The highest BCUT2D eigenvalue weighted by atomic mass is 32.2. The van der Waals surface area contributed by atoms with Gasteiger partial charge in [-0.2, -0.15) is 8.42 Å². The van der Waals surface area contributed by atoms with E-state index in [0.29, 0.717) is 0 Å². The Hall–Kier alpha value is -1.27. The smallest absolute Gasteiger partial charge is 0.298 e. The maximum Gasteiger partial charge on any atom is 0.298 e. The molecule has 0 aliphatic rings. The molecule has 0 atom stereocenters. The molecule has 0 bridgehead atoms. The number of hydrogen-bond acceptors (Lipinski definition) is 4. The molecule has 0 spiro atoms. The van der Waals surface area contributed by atoms with Crippen molar-refractivity contribution in [3.63, 3.8) is 0 Å². The Morgan fingerprint density at radius 2 is 2.00 bits per heavy atom. The summed E-state index contributed by atoms with van der Waals surface area (Å²) in [6.45, 7) is 0. The lowest BCUT2D eigenvalue weighted by Crippen LogP contribution is -1.99. The Labute approximate surface area is 75.3 Å². The van der Waals surface area contributed by atoms with Crippen molar-refractivity contribution in [1.82, 2.24) is 0 Å². The standard InChI is InChI=1S/C7H8O5S/c1-12-5-3-2-4-6(7(5)8)13(9,10)11/h2-4,8H,1H3,(H,9,10,11). The van der Waals surface area contributed by atoms with Crippen LogP contribution in [0.5, 0.6) is 11.5 Å². The van der Waals surface area contributed by atoms with Crippen LogP contribution in [-0.2, 0) is 10.1 Å².